The molecule has 5 nitrogen and oxygen atoms in total. The number of piperazine rings is 1. The third-order valence-electron chi connectivity index (χ3n) is 6.14. The lowest BCUT2D eigenvalue weighted by atomic mass is 10.0. The van der Waals surface area contributed by atoms with Gasteiger partial charge in [-0.05, 0) is 50.1 Å². The Kier molecular flexibility index (Phi) is 5.48. The summed E-state index contributed by atoms with van der Waals surface area (Å²) in [6, 6.07) is 13.8. The Morgan fingerprint density at radius 3 is 2.07 bits per heavy atom. The van der Waals surface area contributed by atoms with Crippen molar-refractivity contribution in [3.05, 3.63) is 70.4 Å². The summed E-state index contributed by atoms with van der Waals surface area (Å²) in [7, 11) is 0. The lowest BCUT2D eigenvalue weighted by molar-refractivity contribution is -0.120. The summed E-state index contributed by atoms with van der Waals surface area (Å²) in [5, 5.41) is 0. The summed E-state index contributed by atoms with van der Waals surface area (Å²) in [6.45, 7) is 12.4. The first kappa shape index (κ1) is 20.4. The third-order valence-corrected chi connectivity index (χ3v) is 6.14. The lowest BCUT2D eigenvalue weighted by Crippen LogP contribution is -2.47. The maximum Gasteiger partial charge on any atom is 0.282 e. The van der Waals surface area contributed by atoms with Crippen molar-refractivity contribution in [3.63, 3.8) is 0 Å². The molecule has 0 bridgehead atoms. The second-order valence-corrected chi connectivity index (χ2v) is 8.25. The van der Waals surface area contributed by atoms with Crippen molar-refractivity contribution >= 4 is 23.1 Å². The van der Waals surface area contributed by atoms with Crippen LogP contribution in [0.5, 0.6) is 0 Å². The molecule has 1 saturated heterocycles. The average molecular weight is 404 g/mol. The van der Waals surface area contributed by atoms with Crippen molar-refractivity contribution in [2.45, 2.75) is 27.7 Å². The minimum Gasteiger partial charge on any atom is -0.364 e. The molecule has 0 aliphatic carbocycles. The van der Waals surface area contributed by atoms with Crippen LogP contribution in [0.4, 0.5) is 5.69 Å². The zero-order valence-electron chi connectivity index (χ0n) is 18.2. The number of hydrogen-bond acceptors (Lipinski definition) is 4. The zero-order valence-corrected chi connectivity index (χ0v) is 18.2. The SMILES string of the molecule is CCN1CCN(C2=C(c3ccc(C)cc3)C(=O)N(c3cc(C)ccc3C)C2=O)CC1. The van der Waals surface area contributed by atoms with E-state index < -0.39 is 0 Å². The fraction of sp³-hybridized carbons (Fsp3) is 0.360. The van der Waals surface area contributed by atoms with Crippen LogP contribution in [0.15, 0.2) is 48.2 Å². The van der Waals surface area contributed by atoms with E-state index in [1.54, 1.807) is 0 Å². The number of carbonyl (C=O) groups excluding carboxylic acids is 2. The van der Waals surface area contributed by atoms with E-state index in [0.717, 1.165) is 55.0 Å². The van der Waals surface area contributed by atoms with Gasteiger partial charge in [-0.2, -0.15) is 0 Å². The fourth-order valence-corrected chi connectivity index (χ4v) is 4.26. The minimum absolute atomic E-state index is 0.214. The van der Waals surface area contributed by atoms with E-state index >= 15 is 0 Å². The van der Waals surface area contributed by atoms with Gasteiger partial charge < -0.3 is 9.80 Å². The number of benzene rings is 2. The number of aryl methyl sites for hydroxylation is 3. The Hall–Kier alpha value is -2.92. The summed E-state index contributed by atoms with van der Waals surface area (Å²) in [4.78, 5) is 33.2. The van der Waals surface area contributed by atoms with Crippen molar-refractivity contribution in [3.8, 4) is 0 Å². The molecule has 2 amide bonds. The highest BCUT2D eigenvalue weighted by atomic mass is 16.2. The van der Waals surface area contributed by atoms with Gasteiger partial charge in [-0.3, -0.25) is 9.59 Å². The first-order valence-corrected chi connectivity index (χ1v) is 10.7. The van der Waals surface area contributed by atoms with Gasteiger partial charge in [0.25, 0.3) is 11.8 Å². The molecule has 0 radical (unpaired) electrons. The van der Waals surface area contributed by atoms with Gasteiger partial charge in [0, 0.05) is 26.2 Å². The predicted molar refractivity (Wildman–Crippen MR) is 120 cm³/mol. The molecule has 4 rings (SSSR count). The van der Waals surface area contributed by atoms with E-state index in [4.69, 9.17) is 0 Å². The Balaban J connectivity index is 1.80. The molecule has 2 aromatic carbocycles. The van der Waals surface area contributed by atoms with E-state index in [-0.39, 0.29) is 11.8 Å². The fourth-order valence-electron chi connectivity index (χ4n) is 4.26. The Morgan fingerprint density at radius 1 is 0.800 bits per heavy atom. The van der Waals surface area contributed by atoms with Crippen LogP contribution in [-0.4, -0.2) is 54.3 Å². The average Bonchev–Trinajstić information content (AvgIpc) is 3.00. The van der Waals surface area contributed by atoms with Gasteiger partial charge in [-0.1, -0.05) is 48.9 Å². The van der Waals surface area contributed by atoms with Crippen LogP contribution in [0, 0.1) is 20.8 Å². The largest absolute Gasteiger partial charge is 0.364 e. The summed E-state index contributed by atoms with van der Waals surface area (Å²) in [5.41, 5.74) is 5.61. The second-order valence-electron chi connectivity index (χ2n) is 8.25. The molecule has 0 aromatic heterocycles. The van der Waals surface area contributed by atoms with Gasteiger partial charge in [0.05, 0.1) is 11.3 Å². The zero-order chi connectivity index (χ0) is 21.4. The summed E-state index contributed by atoms with van der Waals surface area (Å²) < 4.78 is 0. The molecule has 0 unspecified atom stereocenters. The molecule has 156 valence electrons. The number of carbonyl (C=O) groups is 2. The van der Waals surface area contributed by atoms with E-state index in [1.165, 1.54) is 4.90 Å². The molecule has 2 aromatic rings. The molecule has 0 atom stereocenters. The molecular weight excluding hydrogens is 374 g/mol. The molecule has 5 heteroatoms. The van der Waals surface area contributed by atoms with E-state index in [2.05, 4.69) is 16.7 Å². The van der Waals surface area contributed by atoms with Gasteiger partial charge in [0.15, 0.2) is 0 Å². The standard InChI is InChI=1S/C25H29N3O2/c1-5-26-12-14-27(15-13-26)23-22(20-10-7-17(2)8-11-20)24(29)28(25(23)30)21-16-18(3)6-9-19(21)4/h6-11,16H,5,12-15H2,1-4H3. The minimum atomic E-state index is -0.231. The molecule has 0 N–H and O–H groups in total. The summed E-state index contributed by atoms with van der Waals surface area (Å²) >= 11 is 0. The van der Waals surface area contributed by atoms with Gasteiger partial charge in [-0.15, -0.1) is 0 Å². The van der Waals surface area contributed by atoms with E-state index in [1.807, 2.05) is 63.2 Å². The van der Waals surface area contributed by atoms with Crippen LogP contribution in [0.3, 0.4) is 0 Å². The van der Waals surface area contributed by atoms with E-state index in [0.29, 0.717) is 17.0 Å². The number of hydrogen-bond donors (Lipinski definition) is 0. The van der Waals surface area contributed by atoms with Gasteiger partial charge in [0.2, 0.25) is 0 Å². The molecular formula is C25H29N3O2. The van der Waals surface area contributed by atoms with Gasteiger partial charge in [0.1, 0.15) is 5.70 Å². The van der Waals surface area contributed by atoms with Crippen molar-refractivity contribution < 1.29 is 9.59 Å². The smallest absolute Gasteiger partial charge is 0.282 e. The highest BCUT2D eigenvalue weighted by Gasteiger charge is 2.43. The number of likely N-dealkylation sites (N-methyl/N-ethyl adjacent to an activating group) is 1. The maximum absolute atomic E-state index is 13.7. The summed E-state index contributed by atoms with van der Waals surface area (Å²) in [6.07, 6.45) is 0. The predicted octanol–water partition coefficient (Wildman–Crippen LogP) is 3.53. The Bertz CT molecular complexity index is 1020. The first-order valence-electron chi connectivity index (χ1n) is 10.7. The number of anilines is 1. The molecule has 0 saturated carbocycles. The first-order chi connectivity index (χ1) is 14.4. The summed E-state index contributed by atoms with van der Waals surface area (Å²) in [5.74, 6) is -0.445. The van der Waals surface area contributed by atoms with Crippen molar-refractivity contribution in [1.29, 1.82) is 0 Å². The topological polar surface area (TPSA) is 43.9 Å². The highest BCUT2D eigenvalue weighted by molar-refractivity contribution is 6.45. The van der Waals surface area contributed by atoms with Crippen LogP contribution in [0.2, 0.25) is 0 Å². The maximum atomic E-state index is 13.7. The molecule has 2 aliphatic heterocycles. The third kappa shape index (κ3) is 3.54. The molecule has 2 aliphatic rings. The molecule has 2 heterocycles. The lowest BCUT2D eigenvalue weighted by Gasteiger charge is -2.36. The number of imide groups is 1. The van der Waals surface area contributed by atoms with Crippen molar-refractivity contribution in [2.75, 3.05) is 37.6 Å². The Morgan fingerprint density at radius 2 is 1.43 bits per heavy atom. The number of nitrogens with zero attached hydrogens (tertiary/aromatic N) is 3. The van der Waals surface area contributed by atoms with Crippen molar-refractivity contribution in [2.24, 2.45) is 0 Å². The quantitative estimate of drug-likeness (QED) is 0.733. The number of amides is 2. The van der Waals surface area contributed by atoms with Gasteiger partial charge in [-0.25, -0.2) is 4.90 Å². The van der Waals surface area contributed by atoms with Crippen LogP contribution in [0.25, 0.3) is 5.57 Å². The van der Waals surface area contributed by atoms with Crippen molar-refractivity contribution in [1.82, 2.24) is 9.80 Å². The molecule has 1 fully saturated rings. The van der Waals surface area contributed by atoms with E-state index in [9.17, 15) is 9.59 Å². The normalized spacial score (nSPS) is 18.0. The molecule has 0 spiro atoms. The second kappa shape index (κ2) is 8.07. The monoisotopic (exact) mass is 403 g/mol. The molecule has 30 heavy (non-hydrogen) atoms. The number of rotatable bonds is 4. The Labute approximate surface area is 178 Å². The van der Waals surface area contributed by atoms with Gasteiger partial charge >= 0.3 is 0 Å². The van der Waals surface area contributed by atoms with Crippen LogP contribution >= 0.6 is 0 Å². The van der Waals surface area contributed by atoms with Crippen LogP contribution in [-0.2, 0) is 9.59 Å². The van der Waals surface area contributed by atoms with Crippen LogP contribution < -0.4 is 4.90 Å². The highest BCUT2D eigenvalue weighted by Crippen LogP contribution is 2.36. The van der Waals surface area contributed by atoms with Crippen LogP contribution in [0.1, 0.15) is 29.2 Å².